The van der Waals surface area contributed by atoms with E-state index in [1.54, 1.807) is 0 Å². The number of nitrogens with zero attached hydrogens (tertiary/aromatic N) is 2. The number of aromatic amines is 1. The van der Waals surface area contributed by atoms with Gasteiger partial charge in [0.05, 0.1) is 6.07 Å². The van der Waals surface area contributed by atoms with Crippen LogP contribution in [0.25, 0.3) is 24.8 Å². The highest BCUT2D eigenvalue weighted by Crippen LogP contribution is 2.33. The largest absolute Gasteiger partial charge is 0.355 e. The van der Waals surface area contributed by atoms with Gasteiger partial charge in [-0.3, -0.25) is 4.90 Å². The number of rotatable bonds is 6. The fourth-order valence-electron chi connectivity index (χ4n) is 3.39. The van der Waals surface area contributed by atoms with E-state index in [1.165, 1.54) is 0 Å². The number of H-pyrrole nitrogens is 1. The lowest BCUT2D eigenvalue weighted by Crippen LogP contribution is -2.39. The fourth-order valence-corrected chi connectivity index (χ4v) is 3.39. The highest BCUT2D eigenvalue weighted by molar-refractivity contribution is 5.64. The molecule has 132 valence electrons. The van der Waals surface area contributed by atoms with Crippen molar-refractivity contribution < 1.29 is 0 Å². The number of aromatic nitrogens is 1. The molecule has 1 aromatic heterocycles. The summed E-state index contributed by atoms with van der Waals surface area (Å²) in [5.74, 6) is 0. The summed E-state index contributed by atoms with van der Waals surface area (Å²) in [7, 11) is 0. The van der Waals surface area contributed by atoms with E-state index in [9.17, 15) is 0 Å². The van der Waals surface area contributed by atoms with E-state index in [0.717, 1.165) is 59.9 Å². The van der Waals surface area contributed by atoms with Crippen molar-refractivity contribution in [2.24, 2.45) is 5.41 Å². The van der Waals surface area contributed by atoms with E-state index in [-0.39, 0.29) is 5.41 Å². The number of piperidine rings is 1. The Bertz CT molecular complexity index is 809. The van der Waals surface area contributed by atoms with Gasteiger partial charge in [0.15, 0.2) is 0 Å². The van der Waals surface area contributed by atoms with Gasteiger partial charge in [-0.2, -0.15) is 5.26 Å². The molecule has 0 atom stereocenters. The molecular formula is C22H29N3. The summed E-state index contributed by atoms with van der Waals surface area (Å²) in [6.45, 7) is 19.4. The Hall–Kier alpha value is -2.31. The lowest BCUT2D eigenvalue weighted by Gasteiger charge is -2.38. The van der Waals surface area contributed by atoms with Crippen LogP contribution < -0.4 is 10.6 Å². The Kier molecular flexibility index (Phi) is 6.22. The molecule has 1 fully saturated rings. The molecule has 25 heavy (non-hydrogen) atoms. The van der Waals surface area contributed by atoms with E-state index < -0.39 is 0 Å². The Labute approximate surface area is 151 Å². The van der Waals surface area contributed by atoms with Crippen LogP contribution in [-0.2, 0) is 0 Å². The smallest absolute Gasteiger partial charge is 0.0627 e. The van der Waals surface area contributed by atoms with Crippen molar-refractivity contribution >= 4 is 24.8 Å². The molecule has 0 radical (unpaired) electrons. The minimum absolute atomic E-state index is 0.177. The van der Waals surface area contributed by atoms with Crippen LogP contribution >= 0.6 is 0 Å². The summed E-state index contributed by atoms with van der Waals surface area (Å²) in [4.78, 5) is 5.80. The third-order valence-electron chi connectivity index (χ3n) is 5.09. The maximum atomic E-state index is 8.96. The summed E-state index contributed by atoms with van der Waals surface area (Å²) in [5.41, 5.74) is 3.32. The normalized spacial score (nSPS) is 18.4. The molecule has 0 spiro atoms. The van der Waals surface area contributed by atoms with Crippen molar-refractivity contribution in [3.8, 4) is 6.07 Å². The number of nitriles is 1. The average molecular weight is 335 g/mol. The first-order valence-corrected chi connectivity index (χ1v) is 8.87. The summed E-state index contributed by atoms with van der Waals surface area (Å²) >= 11 is 0. The first-order chi connectivity index (χ1) is 11.9. The number of likely N-dealkylation sites (tertiary alicyclic amines) is 1. The number of hydrogen-bond acceptors (Lipinski definition) is 2. The molecular weight excluding hydrogens is 306 g/mol. The number of allylic oxidation sites excluding steroid dienone is 1. The molecule has 1 aliphatic rings. The number of hydrogen-bond donors (Lipinski definition) is 1. The molecule has 1 aliphatic heterocycles. The first-order valence-electron chi connectivity index (χ1n) is 8.87. The molecule has 1 aromatic rings. The Morgan fingerprint density at radius 3 is 2.64 bits per heavy atom. The van der Waals surface area contributed by atoms with Gasteiger partial charge in [0.25, 0.3) is 0 Å². The van der Waals surface area contributed by atoms with Gasteiger partial charge < -0.3 is 4.98 Å². The lowest BCUT2D eigenvalue weighted by atomic mass is 9.78. The molecule has 0 unspecified atom stereocenters. The minimum Gasteiger partial charge on any atom is -0.355 e. The van der Waals surface area contributed by atoms with Crippen LogP contribution in [-0.4, -0.2) is 29.5 Å². The van der Waals surface area contributed by atoms with Crippen LogP contribution in [0.4, 0.5) is 0 Å². The van der Waals surface area contributed by atoms with Crippen LogP contribution in [0, 0.1) is 16.7 Å². The molecule has 1 saturated heterocycles. The van der Waals surface area contributed by atoms with E-state index in [2.05, 4.69) is 54.8 Å². The zero-order chi connectivity index (χ0) is 18.4. The van der Waals surface area contributed by atoms with E-state index in [1.807, 2.05) is 19.1 Å². The Morgan fingerprint density at radius 1 is 1.40 bits per heavy atom. The van der Waals surface area contributed by atoms with Gasteiger partial charge in [-0.15, -0.1) is 0 Å². The summed E-state index contributed by atoms with van der Waals surface area (Å²) in [5, 5.41) is 10.9. The highest BCUT2D eigenvalue weighted by atomic mass is 15.1. The van der Waals surface area contributed by atoms with Crippen LogP contribution in [0.2, 0.25) is 0 Å². The second-order valence-electron chi connectivity index (χ2n) is 7.27. The molecule has 0 aliphatic carbocycles. The van der Waals surface area contributed by atoms with Crippen molar-refractivity contribution in [2.75, 3.05) is 19.6 Å². The van der Waals surface area contributed by atoms with Crippen molar-refractivity contribution in [2.45, 2.75) is 33.1 Å². The summed E-state index contributed by atoms with van der Waals surface area (Å²) < 4.78 is 0. The Morgan fingerprint density at radius 2 is 2.08 bits per heavy atom. The zero-order valence-electron chi connectivity index (χ0n) is 15.6. The van der Waals surface area contributed by atoms with Gasteiger partial charge in [-0.05, 0) is 56.0 Å². The maximum absolute atomic E-state index is 8.96. The predicted octanol–water partition coefficient (Wildman–Crippen LogP) is 3.45. The van der Waals surface area contributed by atoms with Crippen LogP contribution in [0.15, 0.2) is 24.8 Å². The van der Waals surface area contributed by atoms with E-state index in [4.69, 9.17) is 5.26 Å². The molecule has 2 rings (SSSR count). The van der Waals surface area contributed by atoms with Crippen LogP contribution in [0.5, 0.6) is 0 Å². The number of nitrogens with one attached hydrogen (secondary N) is 1. The molecule has 1 N–H and O–H groups in total. The first kappa shape index (κ1) is 19.0. The van der Waals surface area contributed by atoms with Gasteiger partial charge in [0.2, 0.25) is 0 Å². The minimum atomic E-state index is 0.177. The van der Waals surface area contributed by atoms with Crippen LogP contribution in [0.3, 0.4) is 0 Å². The van der Waals surface area contributed by atoms with Crippen LogP contribution in [0.1, 0.15) is 44.4 Å². The van der Waals surface area contributed by atoms with Crippen molar-refractivity contribution in [1.82, 2.24) is 9.88 Å². The SMILES string of the molecule is C=Cc1[nH]/c(=C/C(=C)CN2CCC(C)(CC#N)CC2)c(=C)c1/C=C\C. The monoisotopic (exact) mass is 335 g/mol. The molecule has 3 nitrogen and oxygen atoms in total. The highest BCUT2D eigenvalue weighted by Gasteiger charge is 2.29. The van der Waals surface area contributed by atoms with Gasteiger partial charge >= 0.3 is 0 Å². The zero-order valence-corrected chi connectivity index (χ0v) is 15.6. The topological polar surface area (TPSA) is 42.8 Å². The molecule has 0 saturated carbocycles. The average Bonchev–Trinajstić information content (AvgIpc) is 2.86. The molecule has 0 bridgehead atoms. The van der Waals surface area contributed by atoms with Crippen molar-refractivity contribution in [3.05, 3.63) is 46.6 Å². The van der Waals surface area contributed by atoms with Crippen molar-refractivity contribution in [3.63, 3.8) is 0 Å². The van der Waals surface area contributed by atoms with Gasteiger partial charge in [0, 0.05) is 34.8 Å². The summed E-state index contributed by atoms with van der Waals surface area (Å²) in [6, 6.07) is 2.33. The standard InChI is InChI=1S/C22H29N3/c1-6-8-19-18(4)21(24-20(19)7-2)15-17(3)16-25-13-10-22(5,9-12-23)11-14-25/h6-8,15,24H,2-4,9-11,13-14,16H2,1,5H3/b8-6-,21-15+. The fraction of sp³-hybridized carbons (Fsp3) is 0.409. The maximum Gasteiger partial charge on any atom is 0.0627 e. The van der Waals surface area contributed by atoms with Crippen molar-refractivity contribution in [1.29, 1.82) is 5.26 Å². The second kappa shape index (κ2) is 8.18. The predicted molar refractivity (Wildman–Crippen MR) is 108 cm³/mol. The van der Waals surface area contributed by atoms with E-state index >= 15 is 0 Å². The third-order valence-corrected chi connectivity index (χ3v) is 5.09. The molecule has 0 aromatic carbocycles. The Balaban J connectivity index is 2.09. The summed E-state index contributed by atoms with van der Waals surface area (Å²) in [6.07, 6.45) is 10.8. The third kappa shape index (κ3) is 4.61. The van der Waals surface area contributed by atoms with Gasteiger partial charge in [-0.1, -0.05) is 38.8 Å². The lowest BCUT2D eigenvalue weighted by molar-refractivity contribution is 0.130. The van der Waals surface area contributed by atoms with Gasteiger partial charge in [-0.25, -0.2) is 0 Å². The second-order valence-corrected chi connectivity index (χ2v) is 7.27. The molecule has 3 heteroatoms. The molecule has 2 heterocycles. The van der Waals surface area contributed by atoms with Gasteiger partial charge in [0.1, 0.15) is 0 Å². The van der Waals surface area contributed by atoms with E-state index in [0.29, 0.717) is 6.42 Å². The quantitative estimate of drug-likeness (QED) is 0.865. The molecule has 0 amide bonds.